The molecular formula is C23H21BrN2O4. The lowest BCUT2D eigenvalue weighted by atomic mass is 10.2. The molecule has 0 heterocycles. The first-order valence-electron chi connectivity index (χ1n) is 9.19. The monoisotopic (exact) mass is 468 g/mol. The number of carbonyl (C=O) groups excluding carboxylic acids is 1. The van der Waals surface area contributed by atoms with Crippen LogP contribution in [0.15, 0.2) is 82.4 Å². The van der Waals surface area contributed by atoms with E-state index in [9.17, 15) is 4.79 Å². The first-order valence-corrected chi connectivity index (χ1v) is 9.98. The zero-order valence-electron chi connectivity index (χ0n) is 16.4. The van der Waals surface area contributed by atoms with Crippen LogP contribution in [0.25, 0.3) is 0 Å². The molecule has 0 bridgehead atoms. The number of halogens is 1. The number of carbonyl (C=O) groups is 1. The van der Waals surface area contributed by atoms with Crippen molar-refractivity contribution in [2.75, 3.05) is 13.7 Å². The van der Waals surface area contributed by atoms with Gasteiger partial charge in [-0.1, -0.05) is 46.3 Å². The predicted octanol–water partition coefficient (Wildman–Crippen LogP) is 4.57. The van der Waals surface area contributed by atoms with Crippen LogP contribution in [0.2, 0.25) is 0 Å². The Morgan fingerprint density at radius 3 is 2.63 bits per heavy atom. The third-order valence-corrected chi connectivity index (χ3v) is 4.50. The summed E-state index contributed by atoms with van der Waals surface area (Å²) < 4.78 is 17.4. The summed E-state index contributed by atoms with van der Waals surface area (Å²) in [6.07, 6.45) is 1.54. The van der Waals surface area contributed by atoms with E-state index < -0.39 is 0 Å². The van der Waals surface area contributed by atoms with E-state index in [-0.39, 0.29) is 12.5 Å². The highest BCUT2D eigenvalue weighted by molar-refractivity contribution is 9.10. The minimum atomic E-state index is -0.360. The van der Waals surface area contributed by atoms with Gasteiger partial charge in [-0.3, -0.25) is 4.79 Å². The van der Waals surface area contributed by atoms with Crippen LogP contribution in [0, 0.1) is 0 Å². The lowest BCUT2D eigenvalue weighted by Gasteiger charge is -2.10. The van der Waals surface area contributed by atoms with Gasteiger partial charge in [0.1, 0.15) is 23.9 Å². The Kier molecular flexibility index (Phi) is 7.86. The van der Waals surface area contributed by atoms with E-state index in [4.69, 9.17) is 14.2 Å². The van der Waals surface area contributed by atoms with Gasteiger partial charge in [-0.2, -0.15) is 5.10 Å². The molecule has 6 nitrogen and oxygen atoms in total. The third kappa shape index (κ3) is 6.63. The fraction of sp³-hybridized carbons (Fsp3) is 0.130. The van der Waals surface area contributed by atoms with Gasteiger partial charge in [0, 0.05) is 10.0 Å². The van der Waals surface area contributed by atoms with E-state index in [1.54, 1.807) is 19.2 Å². The van der Waals surface area contributed by atoms with E-state index in [1.807, 2.05) is 60.7 Å². The molecule has 0 fully saturated rings. The number of hydrazone groups is 1. The van der Waals surface area contributed by atoms with Gasteiger partial charge in [-0.25, -0.2) is 5.43 Å². The molecule has 0 saturated carbocycles. The van der Waals surface area contributed by atoms with Crippen LogP contribution in [0.1, 0.15) is 11.1 Å². The quantitative estimate of drug-likeness (QED) is 0.369. The minimum Gasteiger partial charge on any atom is -0.497 e. The Hall–Kier alpha value is -3.32. The van der Waals surface area contributed by atoms with E-state index >= 15 is 0 Å². The van der Waals surface area contributed by atoms with Crippen LogP contribution in [-0.4, -0.2) is 25.8 Å². The van der Waals surface area contributed by atoms with Crippen molar-refractivity contribution >= 4 is 28.1 Å². The van der Waals surface area contributed by atoms with Crippen LogP contribution in [0.4, 0.5) is 0 Å². The molecule has 0 aromatic heterocycles. The van der Waals surface area contributed by atoms with Gasteiger partial charge >= 0.3 is 0 Å². The van der Waals surface area contributed by atoms with Gasteiger partial charge in [-0.05, 0) is 48.0 Å². The maximum absolute atomic E-state index is 11.9. The number of methoxy groups -OCH3 is 1. The number of benzene rings is 3. The molecule has 0 spiro atoms. The third-order valence-electron chi connectivity index (χ3n) is 4.01. The second-order valence-electron chi connectivity index (χ2n) is 6.22. The van der Waals surface area contributed by atoms with Gasteiger partial charge in [0.25, 0.3) is 5.91 Å². The van der Waals surface area contributed by atoms with Crippen molar-refractivity contribution in [2.24, 2.45) is 5.10 Å². The smallest absolute Gasteiger partial charge is 0.277 e. The lowest BCUT2D eigenvalue weighted by Crippen LogP contribution is -2.24. The average Bonchev–Trinajstić information content (AvgIpc) is 2.77. The summed E-state index contributed by atoms with van der Waals surface area (Å²) in [5.74, 6) is 1.67. The number of hydrogen-bond acceptors (Lipinski definition) is 5. The van der Waals surface area contributed by atoms with Crippen molar-refractivity contribution in [1.29, 1.82) is 0 Å². The highest BCUT2D eigenvalue weighted by atomic mass is 79.9. The fourth-order valence-corrected chi connectivity index (χ4v) is 2.93. The molecule has 0 unspecified atom stereocenters. The molecule has 0 radical (unpaired) electrons. The summed E-state index contributed by atoms with van der Waals surface area (Å²) in [7, 11) is 1.63. The summed E-state index contributed by atoms with van der Waals surface area (Å²) in [6.45, 7) is 0.247. The molecule has 1 N–H and O–H groups in total. The zero-order chi connectivity index (χ0) is 21.2. The van der Waals surface area contributed by atoms with E-state index in [2.05, 4.69) is 26.5 Å². The molecule has 0 aliphatic carbocycles. The molecule has 3 aromatic carbocycles. The fourth-order valence-electron chi connectivity index (χ4n) is 2.55. The Morgan fingerprint density at radius 1 is 1.00 bits per heavy atom. The van der Waals surface area contributed by atoms with Crippen molar-refractivity contribution in [1.82, 2.24) is 5.43 Å². The SMILES string of the molecule is COc1cccc(COc2ccccc2/C=N\NC(=O)COc2cccc(Br)c2)c1. The van der Waals surface area contributed by atoms with Crippen molar-refractivity contribution in [3.05, 3.63) is 88.4 Å². The molecule has 3 aromatic rings. The summed E-state index contributed by atoms with van der Waals surface area (Å²) in [5.41, 5.74) is 4.18. The predicted molar refractivity (Wildman–Crippen MR) is 119 cm³/mol. The molecule has 0 aliphatic heterocycles. The number of ether oxygens (including phenoxy) is 3. The first kappa shape index (κ1) is 21.4. The number of para-hydroxylation sites is 1. The topological polar surface area (TPSA) is 69.2 Å². The van der Waals surface area contributed by atoms with Gasteiger partial charge in [0.15, 0.2) is 6.61 Å². The minimum absolute atomic E-state index is 0.137. The molecule has 154 valence electrons. The largest absolute Gasteiger partial charge is 0.497 e. The summed E-state index contributed by atoms with van der Waals surface area (Å²) in [4.78, 5) is 11.9. The van der Waals surface area contributed by atoms with Crippen LogP contribution in [-0.2, 0) is 11.4 Å². The normalized spacial score (nSPS) is 10.6. The van der Waals surface area contributed by atoms with Gasteiger partial charge in [0.05, 0.1) is 13.3 Å². The van der Waals surface area contributed by atoms with Crippen LogP contribution < -0.4 is 19.6 Å². The Bertz CT molecular complexity index is 1020. The first-order chi connectivity index (χ1) is 14.6. The van der Waals surface area contributed by atoms with Crippen LogP contribution in [0.5, 0.6) is 17.2 Å². The molecule has 3 rings (SSSR count). The maximum atomic E-state index is 11.9. The number of hydrogen-bond donors (Lipinski definition) is 1. The Morgan fingerprint density at radius 2 is 1.80 bits per heavy atom. The van der Waals surface area contributed by atoms with Crippen molar-refractivity contribution in [2.45, 2.75) is 6.61 Å². The molecular weight excluding hydrogens is 448 g/mol. The number of amides is 1. The maximum Gasteiger partial charge on any atom is 0.277 e. The summed E-state index contributed by atoms with van der Waals surface area (Å²) in [5, 5.41) is 4.00. The standard InChI is InChI=1S/C23H21BrN2O4/c1-28-20-9-4-6-17(12-20)15-30-22-11-3-2-7-18(22)14-25-26-23(27)16-29-21-10-5-8-19(24)13-21/h2-14H,15-16H2,1H3,(H,26,27)/b25-14-. The van der Waals surface area contributed by atoms with Crippen LogP contribution in [0.3, 0.4) is 0 Å². The van der Waals surface area contributed by atoms with E-state index in [0.717, 1.165) is 21.3 Å². The molecule has 0 saturated heterocycles. The summed E-state index contributed by atoms with van der Waals surface area (Å²) in [6, 6.07) is 22.4. The average molecular weight is 469 g/mol. The highest BCUT2D eigenvalue weighted by Crippen LogP contribution is 2.20. The van der Waals surface area contributed by atoms with E-state index in [0.29, 0.717) is 18.1 Å². The van der Waals surface area contributed by atoms with Crippen molar-refractivity contribution < 1.29 is 19.0 Å². The second kappa shape index (κ2) is 11.0. The molecule has 7 heteroatoms. The van der Waals surface area contributed by atoms with Crippen molar-refractivity contribution in [3.63, 3.8) is 0 Å². The second-order valence-corrected chi connectivity index (χ2v) is 7.13. The molecule has 0 atom stereocenters. The number of nitrogens with zero attached hydrogens (tertiary/aromatic N) is 1. The van der Waals surface area contributed by atoms with E-state index in [1.165, 1.54) is 6.21 Å². The van der Waals surface area contributed by atoms with Gasteiger partial charge < -0.3 is 14.2 Å². The summed E-state index contributed by atoms with van der Waals surface area (Å²) >= 11 is 3.36. The Balaban J connectivity index is 1.53. The lowest BCUT2D eigenvalue weighted by molar-refractivity contribution is -0.123. The zero-order valence-corrected chi connectivity index (χ0v) is 18.0. The molecule has 0 aliphatic rings. The molecule has 30 heavy (non-hydrogen) atoms. The highest BCUT2D eigenvalue weighted by Gasteiger charge is 2.04. The number of nitrogens with one attached hydrogen (secondary N) is 1. The van der Waals surface area contributed by atoms with Crippen molar-refractivity contribution in [3.8, 4) is 17.2 Å². The number of rotatable bonds is 9. The Labute approximate surface area is 183 Å². The van der Waals surface area contributed by atoms with Crippen LogP contribution >= 0.6 is 15.9 Å². The van der Waals surface area contributed by atoms with Gasteiger partial charge in [0.2, 0.25) is 0 Å². The molecule has 1 amide bonds. The van der Waals surface area contributed by atoms with Gasteiger partial charge in [-0.15, -0.1) is 0 Å².